The molecule has 2 aromatic carbocycles. The topological polar surface area (TPSA) is 90.5 Å². The van der Waals surface area contributed by atoms with Gasteiger partial charge in [0.25, 0.3) is 0 Å². The fraction of sp³-hybridized carbons (Fsp3) is 0.240. The Bertz CT molecular complexity index is 962. The van der Waals surface area contributed by atoms with Gasteiger partial charge in [-0.1, -0.05) is 36.4 Å². The Balaban J connectivity index is 1.44. The molecule has 3 N–H and O–H groups in total. The van der Waals surface area contributed by atoms with Gasteiger partial charge in [0.1, 0.15) is 0 Å². The van der Waals surface area contributed by atoms with E-state index >= 15 is 0 Å². The van der Waals surface area contributed by atoms with Gasteiger partial charge < -0.3 is 20.9 Å². The van der Waals surface area contributed by atoms with Crippen LogP contribution in [0, 0.1) is 5.92 Å². The summed E-state index contributed by atoms with van der Waals surface area (Å²) < 4.78 is 0. The van der Waals surface area contributed by atoms with Crippen molar-refractivity contribution < 1.29 is 14.4 Å². The van der Waals surface area contributed by atoms with Crippen molar-refractivity contribution >= 4 is 35.3 Å². The third-order valence-electron chi connectivity index (χ3n) is 5.21. The summed E-state index contributed by atoms with van der Waals surface area (Å²) in [6.45, 7) is 5.04. The van der Waals surface area contributed by atoms with E-state index in [1.807, 2.05) is 36.4 Å². The van der Waals surface area contributed by atoms with Gasteiger partial charge in [-0.3, -0.25) is 9.59 Å². The Hall–Kier alpha value is -3.87. The van der Waals surface area contributed by atoms with Gasteiger partial charge in [0.15, 0.2) is 0 Å². The lowest BCUT2D eigenvalue weighted by Crippen LogP contribution is -2.40. The van der Waals surface area contributed by atoms with Crippen LogP contribution in [0.4, 0.5) is 16.2 Å². The molecule has 0 atom stereocenters. The van der Waals surface area contributed by atoms with Crippen LogP contribution in [0.2, 0.25) is 0 Å². The van der Waals surface area contributed by atoms with Crippen LogP contribution in [0.15, 0.2) is 73.3 Å². The number of hydrogen-bond donors (Lipinski definition) is 3. The highest BCUT2D eigenvalue weighted by Gasteiger charge is 2.26. The molecular weight excluding hydrogens is 404 g/mol. The maximum atomic E-state index is 12.6. The fourth-order valence-electron chi connectivity index (χ4n) is 3.42. The van der Waals surface area contributed by atoms with E-state index in [4.69, 9.17) is 0 Å². The lowest BCUT2D eigenvalue weighted by atomic mass is 9.95. The monoisotopic (exact) mass is 432 g/mol. The number of urea groups is 1. The van der Waals surface area contributed by atoms with Gasteiger partial charge in [0, 0.05) is 43.0 Å². The predicted octanol–water partition coefficient (Wildman–Crippen LogP) is 3.88. The summed E-state index contributed by atoms with van der Waals surface area (Å²) in [5.41, 5.74) is 2.27. The highest BCUT2D eigenvalue weighted by atomic mass is 16.2. The van der Waals surface area contributed by atoms with Crippen molar-refractivity contribution in [3.8, 4) is 0 Å². The van der Waals surface area contributed by atoms with E-state index < -0.39 is 0 Å². The predicted molar refractivity (Wildman–Crippen MR) is 127 cm³/mol. The van der Waals surface area contributed by atoms with E-state index in [2.05, 4.69) is 22.5 Å². The average molecular weight is 433 g/mol. The quantitative estimate of drug-likeness (QED) is 0.458. The summed E-state index contributed by atoms with van der Waals surface area (Å²) in [4.78, 5) is 38.5. The maximum Gasteiger partial charge on any atom is 0.319 e. The number of amides is 4. The van der Waals surface area contributed by atoms with E-state index in [1.165, 1.54) is 0 Å². The van der Waals surface area contributed by atoms with Crippen LogP contribution < -0.4 is 16.0 Å². The minimum Gasteiger partial charge on any atom is -0.339 e. The van der Waals surface area contributed by atoms with Gasteiger partial charge in [-0.15, -0.1) is 6.58 Å². The summed E-state index contributed by atoms with van der Waals surface area (Å²) in [6.07, 6.45) is 6.24. The Morgan fingerprint density at radius 3 is 2.19 bits per heavy atom. The minimum atomic E-state index is -0.318. The number of piperidine rings is 1. The first kappa shape index (κ1) is 22.8. The fourth-order valence-corrected chi connectivity index (χ4v) is 3.42. The van der Waals surface area contributed by atoms with Crippen molar-refractivity contribution in [2.24, 2.45) is 5.92 Å². The van der Waals surface area contributed by atoms with E-state index in [0.717, 1.165) is 5.56 Å². The van der Waals surface area contributed by atoms with Crippen LogP contribution in [0.5, 0.6) is 0 Å². The molecule has 0 aromatic heterocycles. The number of nitrogens with one attached hydrogen (secondary N) is 3. The molecule has 4 amide bonds. The third-order valence-corrected chi connectivity index (χ3v) is 5.21. The molecule has 3 rings (SSSR count). The highest BCUT2D eigenvalue weighted by molar-refractivity contribution is 5.94. The Labute approximate surface area is 188 Å². The zero-order chi connectivity index (χ0) is 22.8. The molecular formula is C25H28N4O3. The molecule has 0 bridgehead atoms. The van der Waals surface area contributed by atoms with Crippen LogP contribution in [0.3, 0.4) is 0 Å². The number of likely N-dealkylation sites (tertiary alicyclic amines) is 1. The summed E-state index contributed by atoms with van der Waals surface area (Å²) in [5.74, 6) is -0.228. The van der Waals surface area contributed by atoms with Crippen molar-refractivity contribution in [2.45, 2.75) is 12.8 Å². The van der Waals surface area contributed by atoms with E-state index in [1.54, 1.807) is 41.3 Å². The van der Waals surface area contributed by atoms with Crippen molar-refractivity contribution in [3.63, 3.8) is 0 Å². The molecule has 2 aromatic rings. The lowest BCUT2D eigenvalue weighted by molar-refractivity contribution is -0.130. The molecule has 7 heteroatoms. The van der Waals surface area contributed by atoms with Crippen LogP contribution >= 0.6 is 0 Å². The van der Waals surface area contributed by atoms with E-state index in [-0.39, 0.29) is 23.8 Å². The second-order valence-electron chi connectivity index (χ2n) is 7.53. The van der Waals surface area contributed by atoms with E-state index in [0.29, 0.717) is 43.9 Å². The maximum absolute atomic E-state index is 12.6. The zero-order valence-electron chi connectivity index (χ0n) is 17.9. The van der Waals surface area contributed by atoms with Gasteiger partial charge in [0.2, 0.25) is 11.8 Å². The normalized spacial score (nSPS) is 14.1. The van der Waals surface area contributed by atoms with Gasteiger partial charge >= 0.3 is 6.03 Å². The molecule has 1 fully saturated rings. The molecule has 32 heavy (non-hydrogen) atoms. The third kappa shape index (κ3) is 6.84. The largest absolute Gasteiger partial charge is 0.339 e. The van der Waals surface area contributed by atoms with Gasteiger partial charge in [-0.25, -0.2) is 4.79 Å². The van der Waals surface area contributed by atoms with Crippen LogP contribution in [-0.4, -0.2) is 42.4 Å². The summed E-state index contributed by atoms with van der Waals surface area (Å²) in [6, 6.07) is 16.3. The second kappa shape index (κ2) is 11.5. The van der Waals surface area contributed by atoms with Gasteiger partial charge in [-0.2, -0.15) is 0 Å². The number of hydrogen-bond acceptors (Lipinski definition) is 3. The SMILES string of the molecule is C=CCNC(=O)Nc1ccc(NC(=O)C2CCN(C(=O)/C=C/c3ccccc3)CC2)cc1. The first-order chi connectivity index (χ1) is 15.5. The number of anilines is 2. The molecule has 0 saturated carbocycles. The number of carbonyl (C=O) groups is 3. The number of nitrogens with zero attached hydrogens (tertiary/aromatic N) is 1. The summed E-state index contributed by atoms with van der Waals surface area (Å²) in [5, 5.41) is 8.25. The number of carbonyl (C=O) groups excluding carboxylic acids is 3. The van der Waals surface area contributed by atoms with Crippen molar-refractivity contribution in [2.75, 3.05) is 30.3 Å². The molecule has 1 saturated heterocycles. The molecule has 0 aliphatic carbocycles. The molecule has 7 nitrogen and oxygen atoms in total. The van der Waals surface area contributed by atoms with Crippen molar-refractivity contribution in [1.29, 1.82) is 0 Å². The molecule has 1 aliphatic heterocycles. The highest BCUT2D eigenvalue weighted by Crippen LogP contribution is 2.21. The number of rotatable bonds is 7. The molecule has 1 aliphatic rings. The molecule has 0 unspecified atom stereocenters. The van der Waals surface area contributed by atoms with Crippen LogP contribution in [0.25, 0.3) is 6.08 Å². The molecule has 166 valence electrons. The summed E-state index contributed by atoms with van der Waals surface area (Å²) in [7, 11) is 0. The first-order valence-corrected chi connectivity index (χ1v) is 10.6. The Kier molecular flexibility index (Phi) is 8.20. The average Bonchev–Trinajstić information content (AvgIpc) is 2.83. The smallest absolute Gasteiger partial charge is 0.319 e. The minimum absolute atomic E-state index is 0.0343. The van der Waals surface area contributed by atoms with Gasteiger partial charge in [0.05, 0.1) is 0 Å². The molecule has 0 radical (unpaired) electrons. The van der Waals surface area contributed by atoms with Gasteiger partial charge in [-0.05, 0) is 48.7 Å². The Morgan fingerprint density at radius 1 is 0.938 bits per heavy atom. The lowest BCUT2D eigenvalue weighted by Gasteiger charge is -2.30. The van der Waals surface area contributed by atoms with Crippen molar-refractivity contribution in [3.05, 3.63) is 78.9 Å². The van der Waals surface area contributed by atoms with Crippen LogP contribution in [-0.2, 0) is 9.59 Å². The Morgan fingerprint density at radius 2 is 1.56 bits per heavy atom. The standard InChI is InChI=1S/C25H28N4O3/c1-2-16-26-25(32)28-22-11-9-21(10-12-22)27-24(31)20-14-17-29(18-15-20)23(30)13-8-19-6-4-3-5-7-19/h2-13,20H,1,14-18H2,(H,27,31)(H2,26,28,32)/b13-8+. The summed E-state index contributed by atoms with van der Waals surface area (Å²) >= 11 is 0. The molecule has 1 heterocycles. The first-order valence-electron chi connectivity index (χ1n) is 10.6. The molecule has 0 spiro atoms. The zero-order valence-corrected chi connectivity index (χ0v) is 17.9. The van der Waals surface area contributed by atoms with E-state index in [9.17, 15) is 14.4 Å². The second-order valence-corrected chi connectivity index (χ2v) is 7.53. The van der Waals surface area contributed by atoms with Crippen LogP contribution in [0.1, 0.15) is 18.4 Å². The number of benzene rings is 2. The van der Waals surface area contributed by atoms with Crippen molar-refractivity contribution in [1.82, 2.24) is 10.2 Å².